The van der Waals surface area contributed by atoms with E-state index in [4.69, 9.17) is 0 Å². The molecule has 0 atom stereocenters. The second-order valence-electron chi connectivity index (χ2n) is 16.4. The van der Waals surface area contributed by atoms with Crippen LogP contribution in [0.2, 0.25) is 0 Å². The standard InChI is InChI=1S/C54H31BN4/c1-2-15-32(16-3-1)56-47-28-13-8-22-41(47)55-42-23-14-21-37-40-31-39-36-19-6-11-26-45(36)58-46-27-12-7-20-38(46)50(53(39)58)54(40)59(52(37)42)49-30-33(29-48(56)51(49)55)57-43-24-9-4-17-34(43)35-18-5-10-25-44(35)57/h1-31H. The molecule has 6 heterocycles. The third kappa shape index (κ3) is 3.56. The predicted molar refractivity (Wildman–Crippen MR) is 249 cm³/mol. The summed E-state index contributed by atoms with van der Waals surface area (Å²) in [5.74, 6) is 0. The van der Waals surface area contributed by atoms with E-state index in [-0.39, 0.29) is 6.71 Å². The molecule has 2 aliphatic rings. The van der Waals surface area contributed by atoms with Gasteiger partial charge in [-0.15, -0.1) is 0 Å². The fraction of sp³-hybridized carbons (Fsp3) is 0. The second kappa shape index (κ2) is 10.6. The van der Waals surface area contributed by atoms with E-state index in [9.17, 15) is 0 Å². The summed E-state index contributed by atoms with van der Waals surface area (Å²) in [5.41, 5.74) is 18.8. The van der Waals surface area contributed by atoms with Gasteiger partial charge in [0.25, 0.3) is 6.71 Å². The molecule has 5 heteroatoms. The first-order valence-corrected chi connectivity index (χ1v) is 20.6. The van der Waals surface area contributed by atoms with Gasteiger partial charge in [0.2, 0.25) is 0 Å². The monoisotopic (exact) mass is 746 g/mol. The van der Waals surface area contributed by atoms with Crippen molar-refractivity contribution in [3.05, 3.63) is 188 Å². The van der Waals surface area contributed by atoms with Gasteiger partial charge in [-0.2, -0.15) is 0 Å². The SMILES string of the molecule is c1ccc(N2c3ccccc3B3c4c2cc(-n2c5ccccc5c5ccccc52)cc4-n2c4c3cccc4c3cc4c5ccccc5n5c6ccccc6c(c32)c45)cc1. The normalized spacial score (nSPS) is 13.4. The van der Waals surface area contributed by atoms with Crippen LogP contribution in [-0.2, 0) is 0 Å². The lowest BCUT2D eigenvalue weighted by Crippen LogP contribution is -2.60. The lowest BCUT2D eigenvalue weighted by atomic mass is 9.34. The van der Waals surface area contributed by atoms with Gasteiger partial charge in [-0.1, -0.05) is 127 Å². The summed E-state index contributed by atoms with van der Waals surface area (Å²) >= 11 is 0. The maximum Gasteiger partial charge on any atom is 0.252 e. The third-order valence-electron chi connectivity index (χ3n) is 13.7. The first kappa shape index (κ1) is 30.4. The molecule has 15 rings (SSSR count). The summed E-state index contributed by atoms with van der Waals surface area (Å²) in [7, 11) is 0. The van der Waals surface area contributed by atoms with Crippen LogP contribution in [-0.4, -0.2) is 20.2 Å². The topological polar surface area (TPSA) is 17.5 Å². The molecule has 0 bridgehead atoms. The maximum atomic E-state index is 2.67. The minimum atomic E-state index is 0.0498. The van der Waals surface area contributed by atoms with Crippen molar-refractivity contribution in [3.63, 3.8) is 0 Å². The Balaban J connectivity index is 1.20. The number of hydrogen-bond acceptors (Lipinski definition) is 1. The van der Waals surface area contributed by atoms with Crippen LogP contribution < -0.4 is 21.3 Å². The summed E-state index contributed by atoms with van der Waals surface area (Å²) in [5, 5.41) is 10.3. The van der Waals surface area contributed by atoms with Crippen LogP contribution in [0.15, 0.2) is 188 Å². The van der Waals surface area contributed by atoms with Crippen LogP contribution in [0.3, 0.4) is 0 Å². The van der Waals surface area contributed by atoms with Gasteiger partial charge in [0, 0.05) is 71.4 Å². The molecule has 2 aliphatic heterocycles. The Morgan fingerprint density at radius 2 is 0.881 bits per heavy atom. The van der Waals surface area contributed by atoms with Crippen molar-refractivity contribution >= 4 is 122 Å². The zero-order valence-corrected chi connectivity index (χ0v) is 31.8. The Kier molecular flexibility index (Phi) is 5.46. The Morgan fingerprint density at radius 3 is 1.64 bits per heavy atom. The Hall–Kier alpha value is -7.76. The molecule has 59 heavy (non-hydrogen) atoms. The highest BCUT2D eigenvalue weighted by atomic mass is 15.2. The predicted octanol–water partition coefficient (Wildman–Crippen LogP) is 11.6. The van der Waals surface area contributed by atoms with Gasteiger partial charge in [0.05, 0.1) is 38.8 Å². The molecule has 0 spiro atoms. The lowest BCUT2D eigenvalue weighted by molar-refractivity contribution is 1.13. The van der Waals surface area contributed by atoms with Crippen LogP contribution in [0.25, 0.3) is 93.1 Å². The van der Waals surface area contributed by atoms with Gasteiger partial charge < -0.3 is 18.4 Å². The minimum absolute atomic E-state index is 0.0498. The fourth-order valence-electron chi connectivity index (χ4n) is 11.6. The van der Waals surface area contributed by atoms with E-state index < -0.39 is 0 Å². The fourth-order valence-corrected chi connectivity index (χ4v) is 11.6. The Morgan fingerprint density at radius 1 is 0.322 bits per heavy atom. The zero-order valence-electron chi connectivity index (χ0n) is 31.8. The molecule has 4 nitrogen and oxygen atoms in total. The summed E-state index contributed by atoms with van der Waals surface area (Å²) < 4.78 is 7.68. The Bertz CT molecular complexity index is 3930. The highest BCUT2D eigenvalue weighted by Gasteiger charge is 2.43. The van der Waals surface area contributed by atoms with Gasteiger partial charge in [0.1, 0.15) is 0 Å². The lowest BCUT2D eigenvalue weighted by Gasteiger charge is -2.40. The average Bonchev–Trinajstić information content (AvgIpc) is 4.02. The van der Waals surface area contributed by atoms with E-state index in [1.54, 1.807) is 0 Å². The van der Waals surface area contributed by atoms with E-state index in [1.165, 1.54) is 115 Å². The largest absolute Gasteiger partial charge is 0.311 e. The summed E-state index contributed by atoms with van der Waals surface area (Å²) in [4.78, 5) is 2.52. The molecule has 0 radical (unpaired) electrons. The molecule has 4 aromatic heterocycles. The third-order valence-corrected chi connectivity index (χ3v) is 13.7. The van der Waals surface area contributed by atoms with Crippen molar-refractivity contribution in [2.24, 2.45) is 0 Å². The van der Waals surface area contributed by atoms with Gasteiger partial charge in [-0.25, -0.2) is 0 Å². The van der Waals surface area contributed by atoms with E-state index in [0.29, 0.717) is 0 Å². The number of nitrogens with zero attached hydrogens (tertiary/aromatic N) is 4. The summed E-state index contributed by atoms with van der Waals surface area (Å²) in [6, 6.07) is 70.3. The molecule has 9 aromatic carbocycles. The van der Waals surface area contributed by atoms with Crippen LogP contribution in [0.5, 0.6) is 0 Å². The quantitative estimate of drug-likeness (QED) is 0.161. The molecule has 0 fully saturated rings. The Labute approximate surface area is 338 Å². The second-order valence-corrected chi connectivity index (χ2v) is 16.4. The number of anilines is 3. The first-order chi connectivity index (χ1) is 29.3. The molecule has 13 aromatic rings. The van der Waals surface area contributed by atoms with Gasteiger partial charge in [-0.3, -0.25) is 0 Å². The number of aromatic nitrogens is 3. The van der Waals surface area contributed by atoms with Gasteiger partial charge >= 0.3 is 0 Å². The highest BCUT2D eigenvalue weighted by molar-refractivity contribution is 7.00. The smallest absolute Gasteiger partial charge is 0.252 e. The van der Waals surface area contributed by atoms with E-state index >= 15 is 0 Å². The van der Waals surface area contributed by atoms with Gasteiger partial charge in [-0.05, 0) is 77.1 Å². The van der Waals surface area contributed by atoms with Crippen molar-refractivity contribution in [2.75, 3.05) is 4.90 Å². The first-order valence-electron chi connectivity index (χ1n) is 20.6. The molecule has 0 aliphatic carbocycles. The number of benzene rings is 9. The number of fused-ring (bicyclic) bond motifs is 17. The van der Waals surface area contributed by atoms with Crippen molar-refractivity contribution in [1.29, 1.82) is 0 Å². The molecule has 0 amide bonds. The number of para-hydroxylation sites is 7. The molecule has 0 unspecified atom stereocenters. The molecule has 0 saturated heterocycles. The van der Waals surface area contributed by atoms with Crippen LogP contribution in [0.4, 0.5) is 17.1 Å². The van der Waals surface area contributed by atoms with Crippen LogP contribution in [0, 0.1) is 0 Å². The van der Waals surface area contributed by atoms with Crippen LogP contribution in [0.1, 0.15) is 0 Å². The molecule has 0 N–H and O–H groups in total. The minimum Gasteiger partial charge on any atom is -0.311 e. The van der Waals surface area contributed by atoms with E-state index in [2.05, 4.69) is 206 Å². The maximum absolute atomic E-state index is 2.67. The zero-order chi connectivity index (χ0) is 38.1. The van der Waals surface area contributed by atoms with Crippen molar-refractivity contribution < 1.29 is 0 Å². The average molecular weight is 747 g/mol. The van der Waals surface area contributed by atoms with Crippen molar-refractivity contribution in [3.8, 4) is 11.4 Å². The summed E-state index contributed by atoms with van der Waals surface area (Å²) in [6.07, 6.45) is 0. The number of hydrogen-bond donors (Lipinski definition) is 0. The summed E-state index contributed by atoms with van der Waals surface area (Å²) in [6.45, 7) is 0.0498. The molecule has 270 valence electrons. The molecular weight excluding hydrogens is 715 g/mol. The van der Waals surface area contributed by atoms with E-state index in [1.807, 2.05) is 0 Å². The molecular formula is C54H31BN4. The number of rotatable bonds is 2. The van der Waals surface area contributed by atoms with Gasteiger partial charge in [0.15, 0.2) is 0 Å². The highest BCUT2D eigenvalue weighted by Crippen LogP contribution is 2.49. The molecule has 0 saturated carbocycles. The van der Waals surface area contributed by atoms with Crippen molar-refractivity contribution in [1.82, 2.24) is 13.5 Å². The van der Waals surface area contributed by atoms with Crippen molar-refractivity contribution in [2.45, 2.75) is 0 Å². The van der Waals surface area contributed by atoms with Crippen LogP contribution >= 0.6 is 0 Å². The van der Waals surface area contributed by atoms with E-state index in [0.717, 1.165) is 11.4 Å².